The minimum absolute atomic E-state index is 0.167. The fourth-order valence-corrected chi connectivity index (χ4v) is 4.25. The van der Waals surface area contributed by atoms with E-state index in [-0.39, 0.29) is 5.91 Å². The number of carboxylic acids is 1. The molecule has 1 amide bonds. The van der Waals surface area contributed by atoms with Crippen LogP contribution < -0.4 is 5.32 Å². The van der Waals surface area contributed by atoms with E-state index in [1.54, 1.807) is 17.5 Å². The number of rotatable bonds is 5. The highest BCUT2D eigenvalue weighted by molar-refractivity contribution is 7.07. The summed E-state index contributed by atoms with van der Waals surface area (Å²) in [4.78, 5) is 31.4. The van der Waals surface area contributed by atoms with Crippen molar-refractivity contribution < 1.29 is 32.6 Å². The minimum atomic E-state index is -5.08. The van der Waals surface area contributed by atoms with Gasteiger partial charge in [-0.25, -0.2) is 9.78 Å². The summed E-state index contributed by atoms with van der Waals surface area (Å²) in [5.74, 6) is -2.07. The molecule has 0 unspecified atom stereocenters. The van der Waals surface area contributed by atoms with E-state index in [9.17, 15) is 18.0 Å². The van der Waals surface area contributed by atoms with Crippen LogP contribution in [-0.4, -0.2) is 70.4 Å². The minimum Gasteiger partial charge on any atom is -0.475 e. The van der Waals surface area contributed by atoms with Crippen LogP contribution in [0.2, 0.25) is 0 Å². The van der Waals surface area contributed by atoms with E-state index in [2.05, 4.69) is 37.0 Å². The molecule has 2 aliphatic heterocycles. The van der Waals surface area contributed by atoms with Crippen molar-refractivity contribution in [1.82, 2.24) is 20.2 Å². The zero-order valence-electron chi connectivity index (χ0n) is 16.3. The van der Waals surface area contributed by atoms with E-state index in [4.69, 9.17) is 14.6 Å². The molecule has 0 aromatic carbocycles. The molecule has 2 aromatic rings. The Morgan fingerprint density at radius 2 is 2.10 bits per heavy atom. The van der Waals surface area contributed by atoms with Crippen molar-refractivity contribution in [3.8, 4) is 0 Å². The molecule has 0 radical (unpaired) electrons. The Kier molecular flexibility index (Phi) is 7.57. The zero-order chi connectivity index (χ0) is 22.4. The molecular weight excluding hydrogens is 437 g/mol. The summed E-state index contributed by atoms with van der Waals surface area (Å²) in [6.07, 6.45) is -0.209. The number of carbonyl (C=O) groups is 2. The van der Waals surface area contributed by atoms with Crippen LogP contribution in [0.3, 0.4) is 0 Å². The summed E-state index contributed by atoms with van der Waals surface area (Å²) in [6, 6.07) is 2.18. The molecule has 0 bridgehead atoms. The maximum atomic E-state index is 12.1. The van der Waals surface area contributed by atoms with Crippen LogP contribution in [0.15, 0.2) is 35.4 Å². The van der Waals surface area contributed by atoms with E-state index in [1.807, 2.05) is 0 Å². The van der Waals surface area contributed by atoms with E-state index >= 15 is 0 Å². The lowest BCUT2D eigenvalue weighted by molar-refractivity contribution is -0.192. The molecule has 0 aliphatic carbocycles. The molecule has 2 saturated heterocycles. The molecule has 12 heteroatoms. The maximum Gasteiger partial charge on any atom is 0.490 e. The third-order valence-corrected chi connectivity index (χ3v) is 5.80. The van der Waals surface area contributed by atoms with Gasteiger partial charge >= 0.3 is 12.1 Å². The van der Waals surface area contributed by atoms with Crippen molar-refractivity contribution in [2.24, 2.45) is 11.8 Å². The highest BCUT2D eigenvalue weighted by atomic mass is 32.1. The number of fused-ring (bicyclic) bond motifs is 1. The van der Waals surface area contributed by atoms with E-state index in [0.29, 0.717) is 30.2 Å². The number of alkyl halides is 3. The molecule has 8 nitrogen and oxygen atoms in total. The van der Waals surface area contributed by atoms with Crippen LogP contribution in [0.1, 0.15) is 16.1 Å². The molecule has 2 N–H and O–H groups in total. The number of nitrogens with one attached hydrogen (secondary N) is 1. The number of likely N-dealkylation sites (tertiary alicyclic amines) is 1. The van der Waals surface area contributed by atoms with Crippen LogP contribution in [0.25, 0.3) is 0 Å². The van der Waals surface area contributed by atoms with Crippen LogP contribution in [0.4, 0.5) is 13.2 Å². The summed E-state index contributed by atoms with van der Waals surface area (Å²) in [5, 5.41) is 14.4. The Bertz CT molecular complexity index is 867. The third-order valence-electron chi connectivity index (χ3n) is 5.06. The maximum absolute atomic E-state index is 12.1. The van der Waals surface area contributed by atoms with E-state index in [0.717, 1.165) is 26.2 Å². The van der Waals surface area contributed by atoms with Gasteiger partial charge in [0.1, 0.15) is 5.69 Å². The first-order valence-corrected chi connectivity index (χ1v) is 10.4. The normalized spacial score (nSPS) is 23.0. The van der Waals surface area contributed by atoms with Crippen LogP contribution >= 0.6 is 11.3 Å². The number of carbonyl (C=O) groups excluding carboxylic acids is 1. The third kappa shape index (κ3) is 6.45. The number of thiophene rings is 1. The van der Waals surface area contributed by atoms with Crippen molar-refractivity contribution in [2.45, 2.75) is 18.8 Å². The van der Waals surface area contributed by atoms with Gasteiger partial charge in [-0.05, 0) is 22.4 Å². The summed E-state index contributed by atoms with van der Waals surface area (Å²) < 4.78 is 37.7. The van der Waals surface area contributed by atoms with Crippen molar-refractivity contribution in [1.29, 1.82) is 0 Å². The average molecular weight is 458 g/mol. The number of hydrogen-bond donors (Lipinski definition) is 2. The predicted molar refractivity (Wildman–Crippen MR) is 104 cm³/mol. The predicted octanol–water partition coefficient (Wildman–Crippen LogP) is 2.05. The topological polar surface area (TPSA) is 105 Å². The number of amides is 1. The molecule has 2 fully saturated rings. The van der Waals surface area contributed by atoms with E-state index in [1.165, 1.54) is 18.0 Å². The first-order chi connectivity index (χ1) is 14.7. The van der Waals surface area contributed by atoms with Crippen molar-refractivity contribution in [3.05, 3.63) is 46.7 Å². The molecular formula is C19H21F3N4O4S. The monoisotopic (exact) mass is 458 g/mol. The summed E-state index contributed by atoms with van der Waals surface area (Å²) >= 11 is 1.74. The lowest BCUT2D eigenvalue weighted by Gasteiger charge is -2.19. The standard InChI is InChI=1S/C17H20N4O2S.C2HF3O2/c22-17(15-6-18-2-3-19-15)20-5-13-10-23-16-9-21(8-14(13)16)7-12-1-4-24-11-12;3-2(4,5)1(6)7/h1-4,6,11,13-14,16H,5,7-10H2,(H,20,22);(H,6,7)/t13-,14-,16-;/m1./s1. The average Bonchev–Trinajstić information content (AvgIpc) is 3.45. The lowest BCUT2D eigenvalue weighted by Crippen LogP contribution is -2.34. The highest BCUT2D eigenvalue weighted by Gasteiger charge is 2.43. The van der Waals surface area contributed by atoms with Gasteiger partial charge in [-0.1, -0.05) is 0 Å². The lowest BCUT2D eigenvalue weighted by atomic mass is 9.93. The number of aliphatic carboxylic acids is 1. The number of carboxylic acid groups (broad SMARTS) is 1. The van der Waals surface area contributed by atoms with Crippen molar-refractivity contribution in [3.63, 3.8) is 0 Å². The Balaban J connectivity index is 0.000000339. The van der Waals surface area contributed by atoms with Gasteiger partial charge < -0.3 is 15.2 Å². The molecule has 0 spiro atoms. The summed E-state index contributed by atoms with van der Waals surface area (Å²) in [5.41, 5.74) is 1.73. The Morgan fingerprint density at radius 1 is 1.32 bits per heavy atom. The first kappa shape index (κ1) is 23.1. The second-order valence-corrected chi connectivity index (χ2v) is 8.01. The van der Waals surface area contributed by atoms with Crippen LogP contribution in [0, 0.1) is 11.8 Å². The number of ether oxygens (including phenoxy) is 1. The van der Waals surface area contributed by atoms with Crippen LogP contribution in [0.5, 0.6) is 0 Å². The van der Waals surface area contributed by atoms with Gasteiger partial charge in [-0.2, -0.15) is 24.5 Å². The molecule has 2 aromatic heterocycles. The smallest absolute Gasteiger partial charge is 0.475 e. The van der Waals surface area contributed by atoms with Gasteiger partial charge in [-0.15, -0.1) is 0 Å². The number of aromatic nitrogens is 2. The van der Waals surface area contributed by atoms with Crippen molar-refractivity contribution >= 4 is 23.2 Å². The van der Waals surface area contributed by atoms with Gasteiger partial charge in [0.05, 0.1) is 18.9 Å². The first-order valence-electron chi connectivity index (χ1n) is 9.43. The fraction of sp³-hybridized carbons (Fsp3) is 0.474. The second-order valence-electron chi connectivity index (χ2n) is 7.22. The van der Waals surface area contributed by atoms with Crippen molar-refractivity contribution in [2.75, 3.05) is 26.2 Å². The molecule has 2 aliphatic rings. The molecule has 0 saturated carbocycles. The van der Waals surface area contributed by atoms with Gasteiger partial charge in [0.15, 0.2) is 0 Å². The van der Waals surface area contributed by atoms with Gasteiger partial charge in [0.2, 0.25) is 0 Å². The summed E-state index contributed by atoms with van der Waals surface area (Å²) in [7, 11) is 0. The fourth-order valence-electron chi connectivity index (χ4n) is 3.59. The van der Waals surface area contributed by atoms with E-state index < -0.39 is 12.1 Å². The SMILES string of the molecule is O=C(NC[C@@H]1CO[C@@H]2CN(Cc3ccsc3)C[C@H]12)c1cnccn1.O=C(O)C(F)(F)F. The molecule has 31 heavy (non-hydrogen) atoms. The van der Waals surface area contributed by atoms with Crippen LogP contribution in [-0.2, 0) is 16.1 Å². The Labute approximate surface area is 180 Å². The van der Waals surface area contributed by atoms with Gasteiger partial charge in [0, 0.05) is 50.4 Å². The second kappa shape index (κ2) is 10.2. The number of halogens is 3. The highest BCUT2D eigenvalue weighted by Crippen LogP contribution is 2.34. The Morgan fingerprint density at radius 3 is 2.71 bits per heavy atom. The molecule has 4 rings (SSSR count). The largest absolute Gasteiger partial charge is 0.490 e. The van der Waals surface area contributed by atoms with Gasteiger partial charge in [-0.3, -0.25) is 14.7 Å². The molecule has 3 atom stereocenters. The number of hydrogen-bond acceptors (Lipinski definition) is 7. The number of nitrogens with zero attached hydrogens (tertiary/aromatic N) is 3. The van der Waals surface area contributed by atoms with Gasteiger partial charge in [0.25, 0.3) is 5.91 Å². The zero-order valence-corrected chi connectivity index (χ0v) is 17.1. The Hall–Kier alpha value is -2.57. The summed E-state index contributed by atoms with van der Waals surface area (Å²) in [6.45, 7) is 4.35. The molecule has 4 heterocycles. The quantitative estimate of drug-likeness (QED) is 0.707. The molecule has 168 valence electrons.